The van der Waals surface area contributed by atoms with Gasteiger partial charge in [-0.25, -0.2) is 0 Å². The summed E-state index contributed by atoms with van der Waals surface area (Å²) in [6.07, 6.45) is 0. The average Bonchev–Trinajstić information content (AvgIpc) is 1.50. The fraction of sp³-hybridized carbons (Fsp3) is 0.500. The summed E-state index contributed by atoms with van der Waals surface area (Å²) in [6.45, 7) is 2.00. The molecule has 0 unspecified atom stereocenters. The smallest absolute Gasteiger partial charge is 0.106 e. The molecule has 0 aliphatic carbocycles. The highest BCUT2D eigenvalue weighted by atomic mass is 35.5. The molecule has 34 valence electrons. The second-order valence-corrected chi connectivity index (χ2v) is 0. The fourth-order valence-electron chi connectivity index (χ4n) is 0. The topological polar surface area (TPSA) is 37.3 Å². The van der Waals surface area contributed by atoms with Gasteiger partial charge in [0, 0.05) is 7.11 Å². The number of hydrogen-bond donors (Lipinski definition) is 1. The number of halogens is 1. The molecule has 0 aromatic heterocycles. The molecule has 3 heteroatoms. The molecule has 0 amide bonds. The molecular weight excluding hydrogens is 91.5 g/mol. The normalized spacial score (nSPS) is 2.00. The summed E-state index contributed by atoms with van der Waals surface area (Å²) >= 11 is 0. The molecule has 0 atom stereocenters. The molecule has 1 N–H and O–H groups in total. The van der Waals surface area contributed by atoms with Gasteiger partial charge in [0.05, 0.1) is 0 Å². The van der Waals surface area contributed by atoms with E-state index in [1.807, 2.05) is 6.79 Å². The average molecular weight is 98.5 g/mol. The minimum atomic E-state index is 0. The zero-order chi connectivity index (χ0) is 4.00. The highest BCUT2D eigenvalue weighted by Crippen LogP contribution is 0.755. The summed E-state index contributed by atoms with van der Waals surface area (Å²) in [5, 5.41) is 7.00. The number of rotatable bonds is 0. The first-order valence-electron chi connectivity index (χ1n) is 0.736. The van der Waals surface area contributed by atoms with E-state index < -0.39 is 0 Å². The highest BCUT2D eigenvalue weighted by molar-refractivity contribution is 5.85. The van der Waals surface area contributed by atoms with Gasteiger partial charge >= 0.3 is 0 Å². The Bertz CT molecular complexity index is 7.61. The predicted octanol–water partition coefficient (Wildman–Crippen LogP) is -0.155. The first-order chi connectivity index (χ1) is 2.00. The first kappa shape index (κ1) is 20.5. The van der Waals surface area contributed by atoms with Crippen molar-refractivity contribution in [1.29, 1.82) is 0 Å². The van der Waals surface area contributed by atoms with Gasteiger partial charge in [-0.05, 0) is 0 Å². The van der Waals surface area contributed by atoms with Crippen LogP contribution in [0.5, 0.6) is 0 Å². The Morgan fingerprint density at radius 2 is 1.40 bits per heavy atom. The zero-order valence-corrected chi connectivity index (χ0v) is 3.79. The van der Waals surface area contributed by atoms with Crippen LogP contribution in [0.2, 0.25) is 0 Å². The Labute approximate surface area is 37.2 Å². The maximum atomic E-state index is 8.00. The SMILES string of the molecule is C=O.CO.Cl. The quantitative estimate of drug-likeness (QED) is 0.457. The summed E-state index contributed by atoms with van der Waals surface area (Å²) < 4.78 is 0. The van der Waals surface area contributed by atoms with Crippen molar-refractivity contribution >= 4 is 19.2 Å². The summed E-state index contributed by atoms with van der Waals surface area (Å²) in [6, 6.07) is 0. The molecule has 0 heterocycles. The van der Waals surface area contributed by atoms with Crippen molar-refractivity contribution in [2.24, 2.45) is 0 Å². The van der Waals surface area contributed by atoms with Gasteiger partial charge in [0.1, 0.15) is 6.79 Å². The van der Waals surface area contributed by atoms with E-state index in [0.717, 1.165) is 7.11 Å². The molecule has 0 rings (SSSR count). The highest BCUT2D eigenvalue weighted by Gasteiger charge is 0.839. The van der Waals surface area contributed by atoms with E-state index in [0.29, 0.717) is 0 Å². The van der Waals surface area contributed by atoms with Crippen LogP contribution in [-0.2, 0) is 4.79 Å². The largest absolute Gasteiger partial charge is 0.400 e. The molecule has 5 heavy (non-hydrogen) atoms. The van der Waals surface area contributed by atoms with E-state index in [-0.39, 0.29) is 12.4 Å². The third-order valence-electron chi connectivity index (χ3n) is 0. The first-order valence-corrected chi connectivity index (χ1v) is 0.736. The van der Waals surface area contributed by atoms with Crippen LogP contribution in [0.25, 0.3) is 0 Å². The molecule has 0 bridgehead atoms. The van der Waals surface area contributed by atoms with E-state index in [2.05, 4.69) is 0 Å². The van der Waals surface area contributed by atoms with E-state index in [9.17, 15) is 0 Å². The molecule has 0 fully saturated rings. The van der Waals surface area contributed by atoms with Crippen molar-refractivity contribution in [3.8, 4) is 0 Å². The molecule has 0 spiro atoms. The maximum absolute atomic E-state index is 8.00. The lowest BCUT2D eigenvalue weighted by Crippen LogP contribution is -1.25. The second-order valence-electron chi connectivity index (χ2n) is 0. The van der Waals surface area contributed by atoms with Crippen molar-refractivity contribution in [2.75, 3.05) is 7.11 Å². The van der Waals surface area contributed by atoms with Crippen molar-refractivity contribution in [3.63, 3.8) is 0 Å². The third-order valence-corrected chi connectivity index (χ3v) is 0. The lowest BCUT2D eigenvalue weighted by molar-refractivity contribution is -0.0979. The molecule has 0 radical (unpaired) electrons. The number of aliphatic hydroxyl groups is 1. The molecular formula is C2H7ClO2. The Kier molecular flexibility index (Phi) is 21400. The van der Waals surface area contributed by atoms with E-state index in [4.69, 9.17) is 9.90 Å². The number of carbonyl (C=O) groups is 1. The number of aliphatic hydroxyl groups excluding tert-OH is 1. The van der Waals surface area contributed by atoms with Crippen LogP contribution in [0.15, 0.2) is 0 Å². The van der Waals surface area contributed by atoms with Crippen molar-refractivity contribution in [3.05, 3.63) is 0 Å². The Morgan fingerprint density at radius 1 is 1.40 bits per heavy atom. The molecule has 0 aliphatic heterocycles. The Balaban J connectivity index is -0.0000000133. The predicted molar refractivity (Wildman–Crippen MR) is 22.5 cm³/mol. The number of hydrogen-bond acceptors (Lipinski definition) is 2. The third kappa shape index (κ3) is 2260. The summed E-state index contributed by atoms with van der Waals surface area (Å²) in [5.41, 5.74) is 0. The number of carbonyl (C=O) groups excluding carboxylic acids is 1. The van der Waals surface area contributed by atoms with E-state index >= 15 is 0 Å². The van der Waals surface area contributed by atoms with Gasteiger partial charge in [-0.15, -0.1) is 12.4 Å². The summed E-state index contributed by atoms with van der Waals surface area (Å²) in [4.78, 5) is 8.00. The van der Waals surface area contributed by atoms with Gasteiger partial charge in [-0.3, -0.25) is 0 Å². The molecule has 0 saturated carbocycles. The van der Waals surface area contributed by atoms with Gasteiger partial charge in [-0.2, -0.15) is 0 Å². The van der Waals surface area contributed by atoms with Gasteiger partial charge < -0.3 is 9.90 Å². The Hall–Kier alpha value is -0.0800. The van der Waals surface area contributed by atoms with E-state index in [1.54, 1.807) is 0 Å². The van der Waals surface area contributed by atoms with Crippen LogP contribution in [0.1, 0.15) is 0 Å². The van der Waals surface area contributed by atoms with Crippen LogP contribution in [0.4, 0.5) is 0 Å². The summed E-state index contributed by atoms with van der Waals surface area (Å²) in [7, 11) is 1.00. The fourth-order valence-corrected chi connectivity index (χ4v) is 0. The van der Waals surface area contributed by atoms with Crippen LogP contribution in [-0.4, -0.2) is 19.0 Å². The minimum absolute atomic E-state index is 0. The maximum Gasteiger partial charge on any atom is 0.106 e. The monoisotopic (exact) mass is 98.0 g/mol. The lowest BCUT2D eigenvalue weighted by Gasteiger charge is -1.21. The van der Waals surface area contributed by atoms with Crippen LogP contribution < -0.4 is 0 Å². The van der Waals surface area contributed by atoms with Gasteiger partial charge in [-0.1, -0.05) is 0 Å². The van der Waals surface area contributed by atoms with Gasteiger partial charge in [0.2, 0.25) is 0 Å². The summed E-state index contributed by atoms with van der Waals surface area (Å²) in [5.74, 6) is 0. The Morgan fingerprint density at radius 3 is 1.40 bits per heavy atom. The standard InChI is InChI=1S/CH4O.CH2O.ClH/c2*1-2;/h2H,1H3;1H2;1H. The lowest BCUT2D eigenvalue weighted by atomic mass is 11.8. The molecule has 0 aromatic rings. The zero-order valence-electron chi connectivity index (χ0n) is 2.97. The molecule has 0 aliphatic rings. The van der Waals surface area contributed by atoms with Crippen LogP contribution >= 0.6 is 12.4 Å². The van der Waals surface area contributed by atoms with Crippen molar-refractivity contribution < 1.29 is 9.90 Å². The van der Waals surface area contributed by atoms with Crippen molar-refractivity contribution in [2.45, 2.75) is 0 Å². The second kappa shape index (κ2) is 5220. The van der Waals surface area contributed by atoms with E-state index in [1.165, 1.54) is 0 Å². The molecule has 0 aromatic carbocycles. The van der Waals surface area contributed by atoms with Crippen LogP contribution in [0, 0.1) is 0 Å². The minimum Gasteiger partial charge on any atom is -0.400 e. The van der Waals surface area contributed by atoms with Gasteiger partial charge in [0.25, 0.3) is 0 Å². The molecule has 2 nitrogen and oxygen atoms in total. The molecule has 0 saturated heterocycles. The van der Waals surface area contributed by atoms with Crippen molar-refractivity contribution in [1.82, 2.24) is 0 Å². The van der Waals surface area contributed by atoms with Gasteiger partial charge in [0.15, 0.2) is 0 Å². The van der Waals surface area contributed by atoms with Crippen LogP contribution in [0.3, 0.4) is 0 Å².